The first-order valence-electron chi connectivity index (χ1n) is 7.97. The summed E-state index contributed by atoms with van der Waals surface area (Å²) < 4.78 is 4.94. The van der Waals surface area contributed by atoms with Crippen molar-refractivity contribution in [1.82, 2.24) is 10.2 Å². The first kappa shape index (κ1) is 21.7. The molecule has 0 saturated carbocycles. The number of ether oxygens (including phenoxy) is 1. The quantitative estimate of drug-likeness (QED) is 0.440. The summed E-state index contributed by atoms with van der Waals surface area (Å²) >= 11 is 1.39. The van der Waals surface area contributed by atoms with Gasteiger partial charge in [-0.3, -0.25) is 9.59 Å². The Hall–Kier alpha value is -0.584. The van der Waals surface area contributed by atoms with E-state index in [9.17, 15) is 19.5 Å². The van der Waals surface area contributed by atoms with Crippen molar-refractivity contribution in [2.24, 2.45) is 0 Å². The van der Waals surface area contributed by atoms with Crippen LogP contribution in [0.15, 0.2) is 30.3 Å². The van der Waals surface area contributed by atoms with Crippen molar-refractivity contribution >= 4 is 29.5 Å². The van der Waals surface area contributed by atoms with Crippen LogP contribution in [0.5, 0.6) is 5.75 Å². The predicted octanol–water partition coefficient (Wildman–Crippen LogP) is -1.91. The summed E-state index contributed by atoms with van der Waals surface area (Å²) in [6.45, 7) is 5.19. The van der Waals surface area contributed by atoms with Gasteiger partial charge in [-0.2, -0.15) is 0 Å². The fourth-order valence-electron chi connectivity index (χ4n) is 3.17. The molecule has 0 aromatic heterocycles. The number of carboxylic acid groups (broad SMARTS) is 1. The number of β-lactam (4-membered cyclic amide) rings is 1. The molecule has 2 aliphatic rings. The molecule has 3 rings (SSSR count). The molecule has 2 amide bonds. The molecule has 4 atom stereocenters. The molecule has 7 nitrogen and oxygen atoms in total. The van der Waals surface area contributed by atoms with Crippen LogP contribution in [0.4, 0.5) is 0 Å². The van der Waals surface area contributed by atoms with Gasteiger partial charge in [0.05, 0.1) is 0 Å². The normalized spacial score (nSPS) is 26.8. The third-order valence-electron chi connectivity index (χ3n) is 4.40. The maximum Gasteiger partial charge on any atom is 1.00 e. The zero-order valence-electron chi connectivity index (χ0n) is 15.1. The fourth-order valence-corrected chi connectivity index (χ4v) is 4.80. The molecular weight excluding hydrogens is 383 g/mol. The third-order valence-corrected chi connectivity index (χ3v) is 5.97. The maximum atomic E-state index is 12.4. The molecule has 2 saturated heterocycles. The Balaban J connectivity index is 0.00000243. The summed E-state index contributed by atoms with van der Waals surface area (Å²) in [6, 6.07) is 7.33. The van der Waals surface area contributed by atoms with Crippen LogP contribution in [0, 0.1) is 0 Å². The van der Waals surface area contributed by atoms with Gasteiger partial charge in [-0.25, -0.2) is 4.79 Å². The second kappa shape index (κ2) is 8.20. The Bertz CT molecular complexity index is 714. The number of para-hydroxylation sites is 1. The van der Waals surface area contributed by atoms with Crippen LogP contribution in [-0.2, 0) is 14.4 Å². The van der Waals surface area contributed by atoms with E-state index in [1.54, 1.807) is 45.0 Å². The van der Waals surface area contributed by atoms with Crippen LogP contribution in [0.3, 0.4) is 0 Å². The molecule has 26 heavy (non-hydrogen) atoms. The predicted molar refractivity (Wildman–Crippen MR) is 92.2 cm³/mol. The molecule has 2 fully saturated rings. The van der Waals surface area contributed by atoms with Gasteiger partial charge in [0, 0.05) is 4.75 Å². The van der Waals surface area contributed by atoms with Gasteiger partial charge in [-0.1, -0.05) is 18.2 Å². The van der Waals surface area contributed by atoms with E-state index in [1.807, 2.05) is 6.07 Å². The topological polar surface area (TPSA) is 95.9 Å². The van der Waals surface area contributed by atoms with Gasteiger partial charge in [0.25, 0.3) is 5.91 Å². The Kier molecular flexibility index (Phi) is 6.84. The largest absolute Gasteiger partial charge is 1.00 e. The number of carboxylic acids is 1. The minimum atomic E-state index is -1.03. The average molecular weight is 404 g/mol. The molecule has 0 aliphatic carbocycles. The Morgan fingerprint density at radius 3 is 2.50 bits per heavy atom. The van der Waals surface area contributed by atoms with Crippen LogP contribution in [0.25, 0.3) is 0 Å². The number of hydrogen-bond acceptors (Lipinski definition) is 5. The minimum absolute atomic E-state index is 0. The first-order chi connectivity index (χ1) is 11.7. The Morgan fingerprint density at radius 1 is 1.31 bits per heavy atom. The second-order valence-electron chi connectivity index (χ2n) is 6.66. The number of nitrogens with zero attached hydrogens (tertiary/aromatic N) is 1. The van der Waals surface area contributed by atoms with E-state index < -0.39 is 34.8 Å². The Labute approximate surface area is 198 Å². The molecular formula is C17H20KN2O5S+. The smallest absolute Gasteiger partial charge is 0.481 e. The van der Waals surface area contributed by atoms with Crippen molar-refractivity contribution in [2.75, 3.05) is 0 Å². The molecule has 0 radical (unpaired) electrons. The van der Waals surface area contributed by atoms with E-state index in [-0.39, 0.29) is 62.7 Å². The molecule has 0 spiro atoms. The molecule has 1 aromatic rings. The number of carbonyl (C=O) groups excluding carboxylic acids is 2. The zero-order chi connectivity index (χ0) is 18.4. The van der Waals surface area contributed by atoms with Gasteiger partial charge in [0.1, 0.15) is 23.2 Å². The summed E-state index contributed by atoms with van der Waals surface area (Å²) in [5.74, 6) is -1.23. The van der Waals surface area contributed by atoms with Crippen molar-refractivity contribution < 1.29 is 75.6 Å². The van der Waals surface area contributed by atoms with E-state index in [0.29, 0.717) is 5.75 Å². The molecule has 2 heterocycles. The zero-order valence-corrected chi connectivity index (χ0v) is 19.1. The number of amides is 2. The number of carbonyl (C=O) groups is 3. The summed E-state index contributed by atoms with van der Waals surface area (Å²) in [5.41, 5.74) is 0. The van der Waals surface area contributed by atoms with Gasteiger partial charge >= 0.3 is 57.4 Å². The average Bonchev–Trinajstić information content (AvgIpc) is 2.81. The number of aliphatic carboxylic acids is 1. The van der Waals surface area contributed by atoms with E-state index in [0.717, 1.165) is 0 Å². The molecule has 2 N–H and O–H groups in total. The van der Waals surface area contributed by atoms with Crippen molar-refractivity contribution in [3.8, 4) is 5.75 Å². The van der Waals surface area contributed by atoms with Crippen molar-refractivity contribution in [3.63, 3.8) is 0 Å². The van der Waals surface area contributed by atoms with Gasteiger partial charge in [-0.05, 0) is 32.9 Å². The maximum absolute atomic E-state index is 12.4. The number of rotatable bonds is 5. The molecule has 9 heteroatoms. The van der Waals surface area contributed by atoms with E-state index >= 15 is 0 Å². The van der Waals surface area contributed by atoms with Crippen molar-refractivity contribution in [3.05, 3.63) is 30.3 Å². The number of benzene rings is 1. The second-order valence-corrected chi connectivity index (χ2v) is 8.43. The Morgan fingerprint density at radius 2 is 1.92 bits per heavy atom. The number of fused-ring (bicyclic) bond motifs is 1. The fraction of sp³-hybridized carbons (Fsp3) is 0.471. The summed E-state index contributed by atoms with van der Waals surface area (Å²) in [4.78, 5) is 37.5. The molecule has 134 valence electrons. The summed E-state index contributed by atoms with van der Waals surface area (Å²) in [7, 11) is 0. The van der Waals surface area contributed by atoms with Gasteiger partial charge in [-0.15, -0.1) is 11.8 Å². The van der Waals surface area contributed by atoms with Gasteiger partial charge < -0.3 is 20.1 Å². The van der Waals surface area contributed by atoms with Crippen molar-refractivity contribution in [1.29, 1.82) is 0 Å². The minimum Gasteiger partial charge on any atom is -0.481 e. The summed E-state index contributed by atoms with van der Waals surface area (Å²) in [5, 5.41) is 11.7. The standard InChI is InChI=1S/C17H20N2O5S.K/c1-9(24-10-7-5-4-6-8-10)13(20)18-11-14(21)19-12(16(22)23)17(2,3)25-15(11)19;/h4-9,11-12,15H,1-3H3,(H,18,20)(H,22,23);/q;+1/t9?,11-,12+,15-;/m1./s1. The molecule has 1 aromatic carbocycles. The number of hydrogen-bond donors (Lipinski definition) is 2. The van der Waals surface area contributed by atoms with Crippen LogP contribution in [0.2, 0.25) is 0 Å². The number of thioether (sulfide) groups is 1. The van der Waals surface area contributed by atoms with Crippen LogP contribution in [-0.4, -0.2) is 56.1 Å². The van der Waals surface area contributed by atoms with Crippen LogP contribution >= 0.6 is 11.8 Å². The van der Waals surface area contributed by atoms with Crippen LogP contribution in [0.1, 0.15) is 20.8 Å². The third kappa shape index (κ3) is 3.97. The van der Waals surface area contributed by atoms with Crippen molar-refractivity contribution in [2.45, 2.75) is 49.1 Å². The summed E-state index contributed by atoms with van der Waals surface area (Å²) in [6.07, 6.45) is -0.765. The molecule has 1 unspecified atom stereocenters. The van der Waals surface area contributed by atoms with E-state index in [1.165, 1.54) is 16.7 Å². The monoisotopic (exact) mass is 403 g/mol. The van der Waals surface area contributed by atoms with Gasteiger partial charge in [0.2, 0.25) is 5.91 Å². The van der Waals surface area contributed by atoms with Gasteiger partial charge in [0.15, 0.2) is 6.10 Å². The SMILES string of the molecule is CC(Oc1ccccc1)C(=O)N[C@@H]1C(=O)N2[C@@H]1SC(C)(C)[C@@H]2C(=O)O.[K+]. The van der Waals surface area contributed by atoms with E-state index in [4.69, 9.17) is 4.74 Å². The van der Waals surface area contributed by atoms with Crippen LogP contribution < -0.4 is 61.4 Å². The molecule has 0 bridgehead atoms. The first-order valence-corrected chi connectivity index (χ1v) is 8.85. The van der Waals surface area contributed by atoms with E-state index in [2.05, 4.69) is 5.32 Å². The molecule has 2 aliphatic heterocycles. The number of nitrogens with one attached hydrogen (secondary N) is 1.